The van der Waals surface area contributed by atoms with Crippen LogP contribution in [0.4, 0.5) is 4.39 Å². The van der Waals surface area contributed by atoms with Gasteiger partial charge in [0.05, 0.1) is 0 Å². The van der Waals surface area contributed by atoms with Crippen LogP contribution in [-0.4, -0.2) is 36.0 Å². The van der Waals surface area contributed by atoms with E-state index in [9.17, 15) is 4.39 Å². The summed E-state index contributed by atoms with van der Waals surface area (Å²) in [6.07, 6.45) is 0. The molecule has 1 aliphatic heterocycles. The first-order valence-corrected chi connectivity index (χ1v) is 7.64. The fourth-order valence-corrected chi connectivity index (χ4v) is 3.44. The van der Waals surface area contributed by atoms with Crippen molar-refractivity contribution in [3.8, 4) is 0 Å². The average molecular weight is 319 g/mol. The van der Waals surface area contributed by atoms with Crippen molar-refractivity contribution in [2.24, 2.45) is 5.73 Å². The summed E-state index contributed by atoms with van der Waals surface area (Å²) in [5.74, 6) is 2.04. The molecule has 1 atom stereocenters. The Hall–Kier alpha value is -0.100. The van der Waals surface area contributed by atoms with Gasteiger partial charge < -0.3 is 5.73 Å². The molecular weight excluding hydrogens is 303 g/mol. The number of hydrogen-bond donors (Lipinski definition) is 1. The minimum atomic E-state index is -0.165. The lowest BCUT2D eigenvalue weighted by Crippen LogP contribution is -2.39. The number of nitrogens with zero attached hydrogens (tertiary/aromatic N) is 1. The van der Waals surface area contributed by atoms with Gasteiger partial charge in [-0.15, -0.1) is 0 Å². The minimum Gasteiger partial charge on any atom is -0.329 e. The van der Waals surface area contributed by atoms with Crippen LogP contribution in [0, 0.1) is 5.82 Å². The van der Waals surface area contributed by atoms with Gasteiger partial charge in [0.25, 0.3) is 0 Å². The first-order chi connectivity index (χ1) is 8.22. The van der Waals surface area contributed by atoms with Gasteiger partial charge in [-0.25, -0.2) is 4.39 Å². The van der Waals surface area contributed by atoms with Crippen LogP contribution in [-0.2, 0) is 0 Å². The third kappa shape index (κ3) is 3.22. The molecule has 1 saturated heterocycles. The van der Waals surface area contributed by atoms with E-state index in [-0.39, 0.29) is 11.9 Å². The van der Waals surface area contributed by atoms with Crippen molar-refractivity contribution in [2.45, 2.75) is 6.04 Å². The van der Waals surface area contributed by atoms with Gasteiger partial charge in [0.15, 0.2) is 0 Å². The number of benzene rings is 1. The smallest absolute Gasteiger partial charge is 0.128 e. The molecule has 1 aliphatic rings. The Morgan fingerprint density at radius 2 is 2.12 bits per heavy atom. The fraction of sp³-hybridized carbons (Fsp3) is 0.500. The quantitative estimate of drug-likeness (QED) is 0.929. The highest BCUT2D eigenvalue weighted by molar-refractivity contribution is 9.10. The topological polar surface area (TPSA) is 29.3 Å². The number of hydrogen-bond acceptors (Lipinski definition) is 3. The number of rotatable bonds is 3. The second-order valence-electron chi connectivity index (χ2n) is 4.07. The van der Waals surface area contributed by atoms with Crippen molar-refractivity contribution in [2.75, 3.05) is 31.1 Å². The summed E-state index contributed by atoms with van der Waals surface area (Å²) in [5.41, 5.74) is 6.53. The van der Waals surface area contributed by atoms with E-state index in [2.05, 4.69) is 20.8 Å². The maximum atomic E-state index is 13.9. The molecule has 94 valence electrons. The number of thioether (sulfide) groups is 1. The van der Waals surface area contributed by atoms with Crippen LogP contribution in [0.15, 0.2) is 22.7 Å². The largest absolute Gasteiger partial charge is 0.329 e. The Bertz CT molecular complexity index is 383. The molecule has 1 aromatic carbocycles. The molecule has 1 unspecified atom stereocenters. The van der Waals surface area contributed by atoms with E-state index < -0.39 is 0 Å². The van der Waals surface area contributed by atoms with Crippen LogP contribution in [0.5, 0.6) is 0 Å². The standard InChI is InChI=1S/C12H16BrFN2S/c13-9-1-2-11(14)10(7-9)12(8-15)16-3-5-17-6-4-16/h1-2,7,12H,3-6,8,15H2. The predicted molar refractivity (Wildman–Crippen MR) is 74.8 cm³/mol. The van der Waals surface area contributed by atoms with Crippen LogP contribution >= 0.6 is 27.7 Å². The predicted octanol–water partition coefficient (Wildman–Crippen LogP) is 2.64. The van der Waals surface area contributed by atoms with E-state index in [1.807, 2.05) is 17.8 Å². The molecule has 0 radical (unpaired) electrons. The zero-order valence-electron chi connectivity index (χ0n) is 9.53. The van der Waals surface area contributed by atoms with Gasteiger partial charge in [-0.3, -0.25) is 4.90 Å². The Kier molecular flexibility index (Phi) is 4.85. The molecule has 2 rings (SSSR count). The summed E-state index contributed by atoms with van der Waals surface area (Å²) in [4.78, 5) is 2.28. The van der Waals surface area contributed by atoms with E-state index in [0.717, 1.165) is 29.1 Å². The van der Waals surface area contributed by atoms with Gasteiger partial charge in [0.2, 0.25) is 0 Å². The van der Waals surface area contributed by atoms with E-state index in [0.29, 0.717) is 12.1 Å². The maximum Gasteiger partial charge on any atom is 0.128 e. The molecule has 2 nitrogen and oxygen atoms in total. The lowest BCUT2D eigenvalue weighted by molar-refractivity contribution is 0.218. The molecule has 0 aromatic heterocycles. The molecular formula is C12H16BrFN2S. The Labute approximate surface area is 114 Å². The van der Waals surface area contributed by atoms with Crippen molar-refractivity contribution >= 4 is 27.7 Å². The Morgan fingerprint density at radius 1 is 1.41 bits per heavy atom. The Balaban J connectivity index is 2.24. The molecule has 1 fully saturated rings. The van der Waals surface area contributed by atoms with Crippen molar-refractivity contribution in [3.05, 3.63) is 34.1 Å². The molecule has 1 heterocycles. The van der Waals surface area contributed by atoms with Gasteiger partial charge in [-0.1, -0.05) is 15.9 Å². The summed E-state index contributed by atoms with van der Waals surface area (Å²) in [5, 5.41) is 0. The van der Waals surface area contributed by atoms with E-state index >= 15 is 0 Å². The summed E-state index contributed by atoms with van der Waals surface area (Å²) >= 11 is 5.33. The number of halogens is 2. The van der Waals surface area contributed by atoms with Gasteiger partial charge in [-0.2, -0.15) is 11.8 Å². The highest BCUT2D eigenvalue weighted by Crippen LogP contribution is 2.27. The zero-order valence-corrected chi connectivity index (χ0v) is 11.9. The molecule has 2 N–H and O–H groups in total. The lowest BCUT2D eigenvalue weighted by Gasteiger charge is -2.34. The molecule has 0 bridgehead atoms. The third-order valence-corrected chi connectivity index (χ3v) is 4.46. The second-order valence-corrected chi connectivity index (χ2v) is 6.21. The first kappa shape index (κ1) is 13.3. The van der Waals surface area contributed by atoms with Crippen LogP contribution in [0.3, 0.4) is 0 Å². The first-order valence-electron chi connectivity index (χ1n) is 5.69. The maximum absolute atomic E-state index is 13.9. The van der Waals surface area contributed by atoms with E-state index in [4.69, 9.17) is 5.73 Å². The minimum absolute atomic E-state index is 0.00611. The molecule has 0 amide bonds. The summed E-state index contributed by atoms with van der Waals surface area (Å²) in [6.45, 7) is 2.43. The average Bonchev–Trinajstić information content (AvgIpc) is 2.36. The van der Waals surface area contributed by atoms with Crippen molar-refractivity contribution in [1.82, 2.24) is 4.90 Å². The van der Waals surface area contributed by atoms with Crippen LogP contribution < -0.4 is 5.73 Å². The highest BCUT2D eigenvalue weighted by Gasteiger charge is 2.23. The molecule has 5 heteroatoms. The van der Waals surface area contributed by atoms with Crippen LogP contribution in [0.2, 0.25) is 0 Å². The van der Waals surface area contributed by atoms with Gasteiger partial charge in [-0.05, 0) is 18.2 Å². The normalized spacial score (nSPS) is 19.2. The zero-order chi connectivity index (χ0) is 12.3. The SMILES string of the molecule is NCC(c1cc(Br)ccc1F)N1CCSCC1. The molecule has 0 aliphatic carbocycles. The van der Waals surface area contributed by atoms with Crippen LogP contribution in [0.1, 0.15) is 11.6 Å². The number of nitrogens with two attached hydrogens (primary N) is 1. The molecule has 0 saturated carbocycles. The lowest BCUT2D eigenvalue weighted by atomic mass is 10.0. The van der Waals surface area contributed by atoms with Crippen molar-refractivity contribution < 1.29 is 4.39 Å². The third-order valence-electron chi connectivity index (χ3n) is 3.03. The summed E-state index contributed by atoms with van der Waals surface area (Å²) in [7, 11) is 0. The highest BCUT2D eigenvalue weighted by atomic mass is 79.9. The fourth-order valence-electron chi connectivity index (χ4n) is 2.13. The van der Waals surface area contributed by atoms with Gasteiger partial charge in [0.1, 0.15) is 5.82 Å². The Morgan fingerprint density at radius 3 is 2.76 bits per heavy atom. The summed E-state index contributed by atoms with van der Waals surface area (Å²) in [6, 6.07) is 5.06. The monoisotopic (exact) mass is 318 g/mol. The van der Waals surface area contributed by atoms with Gasteiger partial charge >= 0.3 is 0 Å². The summed E-state index contributed by atoms with van der Waals surface area (Å²) < 4.78 is 14.8. The van der Waals surface area contributed by atoms with Crippen molar-refractivity contribution in [1.29, 1.82) is 0 Å². The van der Waals surface area contributed by atoms with Crippen LogP contribution in [0.25, 0.3) is 0 Å². The van der Waals surface area contributed by atoms with E-state index in [1.165, 1.54) is 6.07 Å². The van der Waals surface area contributed by atoms with Crippen molar-refractivity contribution in [3.63, 3.8) is 0 Å². The molecule has 0 spiro atoms. The molecule has 1 aromatic rings. The van der Waals surface area contributed by atoms with Gasteiger partial charge in [0, 0.05) is 47.2 Å². The molecule has 17 heavy (non-hydrogen) atoms. The van der Waals surface area contributed by atoms with E-state index in [1.54, 1.807) is 6.07 Å². The second kappa shape index (κ2) is 6.18.